The lowest BCUT2D eigenvalue weighted by atomic mass is 10.1. The Kier molecular flexibility index (Phi) is 7.53. The molecule has 5 nitrogen and oxygen atoms in total. The molecule has 1 aliphatic rings. The van der Waals surface area contributed by atoms with Crippen molar-refractivity contribution in [2.45, 2.75) is 96.9 Å². The lowest BCUT2D eigenvalue weighted by Gasteiger charge is -2.36. The SMILES string of the molecule is CC(C)(C)[Si](C)(C)OCc1sc2cnccc2c1NC1Cc2ccccc2C1=NO[Si](C)(C)C(C)(C)C. The van der Waals surface area contributed by atoms with E-state index in [0.717, 1.165) is 17.8 Å². The third-order valence-corrected chi connectivity index (χ3v) is 18.2. The number of thiophene rings is 1. The molecule has 0 saturated heterocycles. The Morgan fingerprint density at radius 3 is 2.35 bits per heavy atom. The molecule has 0 amide bonds. The van der Waals surface area contributed by atoms with Crippen LogP contribution in [0.4, 0.5) is 5.69 Å². The summed E-state index contributed by atoms with van der Waals surface area (Å²) in [5.41, 5.74) is 4.61. The van der Waals surface area contributed by atoms with Crippen molar-refractivity contribution >= 4 is 49.5 Å². The number of hydrogen-bond acceptors (Lipinski definition) is 6. The second-order valence-corrected chi connectivity index (χ2v) is 23.9. The highest BCUT2D eigenvalue weighted by Gasteiger charge is 2.41. The molecule has 0 spiro atoms. The lowest BCUT2D eigenvalue weighted by molar-refractivity contribution is 0.280. The third-order valence-electron chi connectivity index (χ3n) is 8.48. The number of aromatic nitrogens is 1. The minimum Gasteiger partial charge on any atom is -0.455 e. The normalized spacial score (nSPS) is 17.9. The second-order valence-electron chi connectivity index (χ2n) is 13.2. The molecular weight excluding hydrogens is 511 g/mol. The second kappa shape index (κ2) is 9.95. The fraction of sp³-hybridized carbons (Fsp3) is 0.517. The number of pyridine rings is 1. The van der Waals surface area contributed by atoms with E-state index in [0.29, 0.717) is 6.61 Å². The van der Waals surface area contributed by atoms with Crippen LogP contribution in [0.2, 0.25) is 36.3 Å². The zero-order chi connectivity index (χ0) is 27.2. The molecule has 3 aromatic rings. The molecule has 37 heavy (non-hydrogen) atoms. The van der Waals surface area contributed by atoms with E-state index in [-0.39, 0.29) is 16.1 Å². The van der Waals surface area contributed by atoms with Gasteiger partial charge in [0.25, 0.3) is 8.32 Å². The van der Waals surface area contributed by atoms with E-state index in [1.807, 2.05) is 12.4 Å². The van der Waals surface area contributed by atoms with Crippen LogP contribution >= 0.6 is 11.3 Å². The molecule has 1 aliphatic carbocycles. The first-order valence-corrected chi connectivity index (χ1v) is 19.8. The van der Waals surface area contributed by atoms with Gasteiger partial charge in [-0.1, -0.05) is 65.8 Å². The van der Waals surface area contributed by atoms with E-state index in [2.05, 4.69) is 108 Å². The van der Waals surface area contributed by atoms with Gasteiger partial charge in [0.2, 0.25) is 0 Å². The number of benzene rings is 1. The van der Waals surface area contributed by atoms with E-state index >= 15 is 0 Å². The van der Waals surface area contributed by atoms with Crippen LogP contribution in [0.25, 0.3) is 10.1 Å². The summed E-state index contributed by atoms with van der Waals surface area (Å²) in [6, 6.07) is 10.7. The van der Waals surface area contributed by atoms with Gasteiger partial charge in [-0.25, -0.2) is 0 Å². The Morgan fingerprint density at radius 1 is 1.00 bits per heavy atom. The van der Waals surface area contributed by atoms with Gasteiger partial charge in [0.1, 0.15) is 5.71 Å². The molecule has 0 radical (unpaired) electrons. The van der Waals surface area contributed by atoms with Crippen molar-refractivity contribution in [3.05, 3.63) is 58.7 Å². The summed E-state index contributed by atoms with van der Waals surface area (Å²) in [6.07, 6.45) is 4.71. The minimum atomic E-state index is -2.05. The number of nitrogens with zero attached hydrogens (tertiary/aromatic N) is 2. The molecule has 0 fully saturated rings. The molecule has 1 atom stereocenters. The summed E-state index contributed by atoms with van der Waals surface area (Å²) in [6.45, 7) is 23.3. The number of fused-ring (bicyclic) bond motifs is 2. The van der Waals surface area contributed by atoms with Gasteiger partial charge in [-0.05, 0) is 54.3 Å². The topological polar surface area (TPSA) is 55.7 Å². The maximum atomic E-state index is 6.67. The molecule has 1 unspecified atom stereocenters. The van der Waals surface area contributed by atoms with Gasteiger partial charge in [-0.15, -0.1) is 16.5 Å². The van der Waals surface area contributed by atoms with Crippen molar-refractivity contribution in [1.29, 1.82) is 0 Å². The molecule has 8 heteroatoms. The zero-order valence-corrected chi connectivity index (χ0v) is 27.0. The van der Waals surface area contributed by atoms with Gasteiger partial charge < -0.3 is 14.3 Å². The average Bonchev–Trinajstić information content (AvgIpc) is 3.33. The summed E-state index contributed by atoms with van der Waals surface area (Å²) in [7, 11) is -3.94. The molecule has 2 aromatic heterocycles. The van der Waals surface area contributed by atoms with Crippen LogP contribution in [0.5, 0.6) is 0 Å². The first-order valence-electron chi connectivity index (χ1n) is 13.2. The van der Waals surface area contributed by atoms with Gasteiger partial charge in [0.15, 0.2) is 8.32 Å². The fourth-order valence-corrected chi connectivity index (χ4v) is 6.57. The summed E-state index contributed by atoms with van der Waals surface area (Å²) in [4.78, 5) is 5.60. The van der Waals surface area contributed by atoms with Crippen LogP contribution in [0.3, 0.4) is 0 Å². The van der Waals surface area contributed by atoms with Crippen LogP contribution < -0.4 is 5.32 Å². The van der Waals surface area contributed by atoms with Gasteiger partial charge in [0, 0.05) is 23.3 Å². The number of nitrogens with one attached hydrogen (secondary N) is 1. The van der Waals surface area contributed by atoms with Crippen molar-refractivity contribution in [2.75, 3.05) is 5.32 Å². The number of anilines is 1. The number of rotatable bonds is 7. The maximum Gasteiger partial charge on any atom is 0.286 e. The fourth-order valence-electron chi connectivity index (χ4n) is 3.88. The van der Waals surface area contributed by atoms with Gasteiger partial charge >= 0.3 is 0 Å². The Hall–Kier alpha value is -2.01. The van der Waals surface area contributed by atoms with Crippen molar-refractivity contribution < 1.29 is 8.95 Å². The standard InChI is InChI=1S/C29H43N3O2SSi2/c1-28(2,3)36(7,8)33-19-25-27(22-15-16-30-18-24(22)35-25)31-23-17-20-13-11-12-14-21(20)26(23)32-34-37(9,10)29(4,5)6/h11-16,18,23,31H,17,19H2,1-10H3. The van der Waals surface area contributed by atoms with Crippen LogP contribution in [0.1, 0.15) is 57.5 Å². The molecule has 4 rings (SSSR count). The highest BCUT2D eigenvalue weighted by atomic mass is 32.1. The van der Waals surface area contributed by atoms with Crippen molar-refractivity contribution in [3.63, 3.8) is 0 Å². The molecule has 0 saturated carbocycles. The largest absolute Gasteiger partial charge is 0.455 e. The van der Waals surface area contributed by atoms with Gasteiger partial charge in [0.05, 0.1) is 27.9 Å². The Morgan fingerprint density at radius 2 is 1.68 bits per heavy atom. The Labute approximate surface area is 228 Å². The van der Waals surface area contributed by atoms with Crippen molar-refractivity contribution in [2.24, 2.45) is 5.16 Å². The first kappa shape index (κ1) is 28.0. The molecule has 1 N–H and O–H groups in total. The van der Waals surface area contributed by atoms with Crippen LogP contribution in [-0.2, 0) is 22.0 Å². The number of hydrogen-bond donors (Lipinski definition) is 1. The molecular formula is C29H43N3O2SSi2. The molecule has 2 heterocycles. The van der Waals surface area contributed by atoms with E-state index in [1.54, 1.807) is 11.3 Å². The summed E-state index contributed by atoms with van der Waals surface area (Å²) < 4.78 is 14.2. The third kappa shape index (κ3) is 5.72. The van der Waals surface area contributed by atoms with Gasteiger partial charge in [-0.2, -0.15) is 0 Å². The Balaban J connectivity index is 1.70. The zero-order valence-electron chi connectivity index (χ0n) is 24.2. The van der Waals surface area contributed by atoms with Crippen molar-refractivity contribution in [3.8, 4) is 0 Å². The van der Waals surface area contributed by atoms with E-state index in [4.69, 9.17) is 14.1 Å². The lowest BCUT2D eigenvalue weighted by Crippen LogP contribution is -2.40. The highest BCUT2D eigenvalue weighted by molar-refractivity contribution is 7.19. The molecule has 200 valence electrons. The van der Waals surface area contributed by atoms with E-state index in [9.17, 15) is 0 Å². The van der Waals surface area contributed by atoms with Crippen LogP contribution in [0, 0.1) is 0 Å². The summed E-state index contributed by atoms with van der Waals surface area (Å²) in [5.74, 6) is 0. The maximum absolute atomic E-state index is 6.67. The minimum absolute atomic E-state index is 0.0276. The van der Waals surface area contributed by atoms with Gasteiger partial charge in [-0.3, -0.25) is 4.98 Å². The van der Waals surface area contributed by atoms with E-state index < -0.39 is 16.6 Å². The smallest absolute Gasteiger partial charge is 0.286 e. The van der Waals surface area contributed by atoms with Crippen LogP contribution in [-0.4, -0.2) is 33.4 Å². The Bertz CT molecular complexity index is 1300. The monoisotopic (exact) mass is 553 g/mol. The highest BCUT2D eigenvalue weighted by Crippen LogP contribution is 2.42. The predicted molar refractivity (Wildman–Crippen MR) is 164 cm³/mol. The summed E-state index contributed by atoms with van der Waals surface area (Å²) >= 11 is 1.77. The molecule has 0 aliphatic heterocycles. The summed E-state index contributed by atoms with van der Waals surface area (Å²) in [5, 5.41) is 10.2. The van der Waals surface area contributed by atoms with E-state index in [1.165, 1.54) is 26.1 Å². The molecule has 1 aromatic carbocycles. The molecule has 0 bridgehead atoms. The number of oxime groups is 1. The average molecular weight is 554 g/mol. The quantitative estimate of drug-likeness (QED) is 0.235. The van der Waals surface area contributed by atoms with Crippen molar-refractivity contribution in [1.82, 2.24) is 4.98 Å². The van der Waals surface area contributed by atoms with Crippen LogP contribution in [0.15, 0.2) is 47.9 Å². The predicted octanol–water partition coefficient (Wildman–Crippen LogP) is 8.58. The first-order chi connectivity index (χ1) is 17.1.